The van der Waals surface area contributed by atoms with Crippen molar-refractivity contribution in [3.8, 4) is 0 Å². The van der Waals surface area contributed by atoms with E-state index in [4.69, 9.17) is 9.56 Å². The molecule has 0 aromatic carbocycles. The largest absolute Gasteiger partial charge is 0.442 e. The number of hydrogen-bond acceptors (Lipinski definition) is 7. The van der Waals surface area contributed by atoms with Crippen LogP contribution in [0.1, 0.15) is 16.1 Å². The third-order valence-corrected chi connectivity index (χ3v) is 4.29. The van der Waals surface area contributed by atoms with Gasteiger partial charge in [-0.1, -0.05) is 0 Å². The van der Waals surface area contributed by atoms with Gasteiger partial charge in [0.2, 0.25) is 5.71 Å². The number of primary sulfonamides is 1. The van der Waals surface area contributed by atoms with E-state index in [-0.39, 0.29) is 33.1 Å². The molecular formula is C14H13N5O5S. The van der Waals surface area contributed by atoms with Gasteiger partial charge in [-0.25, -0.2) is 23.5 Å². The van der Waals surface area contributed by atoms with E-state index in [9.17, 15) is 18.0 Å². The lowest BCUT2D eigenvalue weighted by molar-refractivity contribution is 0.102. The number of carbonyl (C=O) groups is 1. The van der Waals surface area contributed by atoms with Gasteiger partial charge in [-0.15, -0.1) is 0 Å². The van der Waals surface area contributed by atoms with Crippen LogP contribution in [0, 0.1) is 6.92 Å². The van der Waals surface area contributed by atoms with Crippen LogP contribution in [0.25, 0.3) is 11.1 Å². The summed E-state index contributed by atoms with van der Waals surface area (Å²) in [6.45, 7) is 1.54. The summed E-state index contributed by atoms with van der Waals surface area (Å²) in [5.74, 6) is -0.371. The van der Waals surface area contributed by atoms with Crippen molar-refractivity contribution < 1.29 is 17.6 Å². The first-order chi connectivity index (χ1) is 11.7. The van der Waals surface area contributed by atoms with Gasteiger partial charge in [-0.05, 0) is 19.1 Å². The number of nitrogens with zero attached hydrogens (tertiary/aromatic N) is 3. The third-order valence-electron chi connectivity index (χ3n) is 3.46. The van der Waals surface area contributed by atoms with Crippen molar-refractivity contribution in [1.29, 1.82) is 0 Å². The van der Waals surface area contributed by atoms with E-state index in [0.717, 1.165) is 12.3 Å². The van der Waals surface area contributed by atoms with Crippen LogP contribution in [-0.2, 0) is 17.1 Å². The quantitative estimate of drug-likeness (QED) is 0.671. The van der Waals surface area contributed by atoms with Crippen LogP contribution in [-0.4, -0.2) is 28.9 Å². The zero-order valence-corrected chi connectivity index (χ0v) is 14.0. The van der Waals surface area contributed by atoms with Crippen LogP contribution in [0.15, 0.2) is 38.9 Å². The molecule has 11 heteroatoms. The summed E-state index contributed by atoms with van der Waals surface area (Å²) in [7, 11) is -2.42. The number of aryl methyl sites for hydroxylation is 2. The van der Waals surface area contributed by atoms with Crippen molar-refractivity contribution in [3.63, 3.8) is 0 Å². The highest BCUT2D eigenvalue weighted by Gasteiger charge is 2.22. The summed E-state index contributed by atoms with van der Waals surface area (Å²) in [5.41, 5.74) is -0.0748. The normalized spacial score (nSPS) is 11.6. The molecule has 0 fully saturated rings. The number of anilines is 1. The maximum absolute atomic E-state index is 12.5. The molecule has 3 aromatic heterocycles. The zero-order chi connectivity index (χ0) is 18.4. The number of fused-ring (bicyclic) bond motifs is 1. The Balaban J connectivity index is 2.00. The van der Waals surface area contributed by atoms with E-state index in [1.54, 1.807) is 6.92 Å². The first-order valence-corrected chi connectivity index (χ1v) is 8.48. The lowest BCUT2D eigenvalue weighted by atomic mass is 10.1. The molecule has 0 bridgehead atoms. The zero-order valence-electron chi connectivity index (χ0n) is 13.2. The number of carbonyl (C=O) groups excluding carboxylic acids is 1. The molecule has 0 unspecified atom stereocenters. The molecule has 0 aliphatic carbocycles. The van der Waals surface area contributed by atoms with Gasteiger partial charge in [0, 0.05) is 7.05 Å². The van der Waals surface area contributed by atoms with Gasteiger partial charge in [-0.2, -0.15) is 0 Å². The minimum Gasteiger partial charge on any atom is -0.442 e. The first kappa shape index (κ1) is 16.8. The second-order valence-corrected chi connectivity index (χ2v) is 6.77. The minimum atomic E-state index is -3.93. The van der Waals surface area contributed by atoms with Crippen molar-refractivity contribution in [3.05, 3.63) is 46.3 Å². The predicted octanol–water partition coefficient (Wildman–Crippen LogP) is 0.130. The Morgan fingerprint density at radius 2 is 2.04 bits per heavy atom. The fraction of sp³-hybridized carbons (Fsp3) is 0.143. The van der Waals surface area contributed by atoms with Gasteiger partial charge < -0.3 is 14.3 Å². The maximum Gasteiger partial charge on any atom is 0.265 e. The van der Waals surface area contributed by atoms with Gasteiger partial charge in [0.25, 0.3) is 21.5 Å². The van der Waals surface area contributed by atoms with E-state index in [1.807, 2.05) is 0 Å². The molecular weight excluding hydrogens is 350 g/mol. The molecule has 10 nitrogen and oxygen atoms in total. The number of sulfonamides is 1. The molecule has 0 aliphatic rings. The lowest BCUT2D eigenvalue weighted by Gasteiger charge is -2.05. The smallest absolute Gasteiger partial charge is 0.265 e. The van der Waals surface area contributed by atoms with Gasteiger partial charge in [0.05, 0.1) is 17.4 Å². The molecule has 0 saturated heterocycles. The van der Waals surface area contributed by atoms with Crippen molar-refractivity contribution in [2.45, 2.75) is 11.9 Å². The van der Waals surface area contributed by atoms with Crippen molar-refractivity contribution in [2.24, 2.45) is 12.2 Å². The summed E-state index contributed by atoms with van der Waals surface area (Å²) < 4.78 is 29.0. The summed E-state index contributed by atoms with van der Waals surface area (Å²) in [6.07, 6.45) is 2.44. The predicted molar refractivity (Wildman–Crippen MR) is 87.6 cm³/mol. The highest BCUT2D eigenvalue weighted by molar-refractivity contribution is 7.89. The van der Waals surface area contributed by atoms with Crippen LogP contribution < -0.4 is 16.0 Å². The summed E-state index contributed by atoms with van der Waals surface area (Å²) >= 11 is 0. The van der Waals surface area contributed by atoms with Gasteiger partial charge in [-0.3, -0.25) is 9.59 Å². The monoisotopic (exact) mass is 363 g/mol. The molecule has 3 rings (SSSR count). The highest BCUT2D eigenvalue weighted by Crippen LogP contribution is 2.22. The molecule has 3 heterocycles. The number of nitrogens with two attached hydrogens (primary N) is 1. The fourth-order valence-electron chi connectivity index (χ4n) is 2.28. The van der Waals surface area contributed by atoms with Crippen LogP contribution in [0.5, 0.6) is 0 Å². The Morgan fingerprint density at radius 3 is 2.64 bits per heavy atom. The molecule has 0 saturated carbocycles. The van der Waals surface area contributed by atoms with Crippen LogP contribution in [0.3, 0.4) is 0 Å². The molecule has 1 amide bonds. The summed E-state index contributed by atoms with van der Waals surface area (Å²) in [4.78, 5) is 32.4. The number of rotatable bonds is 3. The number of aromatic nitrogens is 3. The number of amides is 1. The Bertz CT molecular complexity index is 1140. The van der Waals surface area contributed by atoms with Crippen LogP contribution in [0.4, 0.5) is 5.69 Å². The maximum atomic E-state index is 12.5. The standard InChI is InChI=1S/C14H13N5O5S/c1-7-10(11-13(24-7)17-6-19(2)14(11)21)12(20)18-8-3-4-9(16-5-8)25(15,22)23/h3-6H,1-2H3,(H,18,20)(H2,15,22,23). The molecule has 3 aromatic rings. The molecule has 0 radical (unpaired) electrons. The summed E-state index contributed by atoms with van der Waals surface area (Å²) in [6, 6.07) is 2.49. The second kappa shape index (κ2) is 5.79. The molecule has 0 aliphatic heterocycles. The van der Waals surface area contributed by atoms with E-state index < -0.39 is 21.5 Å². The minimum absolute atomic E-state index is 0.0548. The lowest BCUT2D eigenvalue weighted by Crippen LogP contribution is -2.20. The van der Waals surface area contributed by atoms with Gasteiger partial charge >= 0.3 is 0 Å². The Hall–Kier alpha value is -3.05. The Labute approximate surface area is 141 Å². The molecule has 0 spiro atoms. The van der Waals surface area contributed by atoms with Crippen LogP contribution >= 0.6 is 0 Å². The Kier molecular flexibility index (Phi) is 3.89. The van der Waals surface area contributed by atoms with Gasteiger partial charge in [0.1, 0.15) is 17.5 Å². The molecule has 130 valence electrons. The SMILES string of the molecule is Cc1oc2ncn(C)c(=O)c2c1C(=O)Nc1ccc(S(N)(=O)=O)nc1. The van der Waals surface area contributed by atoms with Crippen LogP contribution in [0.2, 0.25) is 0 Å². The molecule has 3 N–H and O–H groups in total. The fourth-order valence-corrected chi connectivity index (χ4v) is 2.73. The van der Waals surface area contributed by atoms with E-state index >= 15 is 0 Å². The highest BCUT2D eigenvalue weighted by atomic mass is 32.2. The number of pyridine rings is 1. The van der Waals surface area contributed by atoms with E-state index in [1.165, 1.54) is 24.0 Å². The molecule has 25 heavy (non-hydrogen) atoms. The third kappa shape index (κ3) is 3.02. The second-order valence-electron chi connectivity index (χ2n) is 5.26. The average molecular weight is 363 g/mol. The van der Waals surface area contributed by atoms with Crippen molar-refractivity contribution in [2.75, 3.05) is 5.32 Å². The number of nitrogens with one attached hydrogen (secondary N) is 1. The Morgan fingerprint density at radius 1 is 1.32 bits per heavy atom. The number of hydrogen-bond donors (Lipinski definition) is 2. The van der Waals surface area contributed by atoms with Crippen molar-refractivity contribution in [1.82, 2.24) is 14.5 Å². The van der Waals surface area contributed by atoms with Gasteiger partial charge in [0.15, 0.2) is 5.03 Å². The average Bonchev–Trinajstić information content (AvgIpc) is 2.87. The van der Waals surface area contributed by atoms with Crippen molar-refractivity contribution >= 4 is 32.7 Å². The number of furan rings is 1. The first-order valence-electron chi connectivity index (χ1n) is 6.93. The topological polar surface area (TPSA) is 150 Å². The van der Waals surface area contributed by atoms with E-state index in [2.05, 4.69) is 15.3 Å². The summed E-state index contributed by atoms with van der Waals surface area (Å²) in [5, 5.41) is 7.23. The molecule has 0 atom stereocenters. The van der Waals surface area contributed by atoms with E-state index in [0.29, 0.717) is 0 Å².